The summed E-state index contributed by atoms with van der Waals surface area (Å²) in [4.78, 5) is 17.8. The second-order valence-corrected chi connectivity index (χ2v) is 8.40. The van der Waals surface area contributed by atoms with Crippen molar-refractivity contribution in [1.29, 1.82) is 0 Å². The number of anilines is 1. The lowest BCUT2D eigenvalue weighted by atomic mass is 10.1. The van der Waals surface area contributed by atoms with E-state index in [4.69, 9.17) is 22.1 Å². The first kappa shape index (κ1) is 20.6. The number of nitrogens with one attached hydrogen (secondary N) is 1. The van der Waals surface area contributed by atoms with Gasteiger partial charge in [-0.1, -0.05) is 23.7 Å². The molecule has 1 aliphatic heterocycles. The van der Waals surface area contributed by atoms with Gasteiger partial charge in [0.25, 0.3) is 0 Å². The number of nitrogens with two attached hydrogens (primary N) is 1. The molecule has 4 aromatic rings. The van der Waals surface area contributed by atoms with Crippen LogP contribution in [-0.4, -0.2) is 27.2 Å². The highest BCUT2D eigenvalue weighted by Gasteiger charge is 2.24. The first-order valence-corrected chi connectivity index (χ1v) is 11.1. The van der Waals surface area contributed by atoms with E-state index in [0.717, 1.165) is 42.7 Å². The van der Waals surface area contributed by atoms with Crippen molar-refractivity contribution in [3.8, 4) is 11.4 Å². The smallest absolute Gasteiger partial charge is 0.334 e. The Morgan fingerprint density at radius 1 is 1.12 bits per heavy atom. The summed E-state index contributed by atoms with van der Waals surface area (Å²) >= 11 is 5.93. The third-order valence-corrected chi connectivity index (χ3v) is 6.11. The Bertz CT molecular complexity index is 1290. The van der Waals surface area contributed by atoms with E-state index in [1.54, 1.807) is 10.8 Å². The summed E-state index contributed by atoms with van der Waals surface area (Å²) in [5.41, 5.74) is 9.31. The lowest BCUT2D eigenvalue weighted by Crippen LogP contribution is -2.36. The Labute approximate surface area is 190 Å². The predicted octanol–water partition coefficient (Wildman–Crippen LogP) is 3.93. The highest BCUT2D eigenvalue weighted by molar-refractivity contribution is 6.30. The van der Waals surface area contributed by atoms with Crippen LogP contribution >= 0.6 is 11.6 Å². The number of halogens is 1. The van der Waals surface area contributed by atoms with Gasteiger partial charge in [0.05, 0.1) is 17.2 Å². The molecule has 1 saturated heterocycles. The van der Waals surface area contributed by atoms with Crippen LogP contribution in [0.3, 0.4) is 0 Å². The second kappa shape index (κ2) is 8.68. The summed E-state index contributed by atoms with van der Waals surface area (Å²) in [5.74, 6) is 1.05. The Hall–Kier alpha value is -3.29. The van der Waals surface area contributed by atoms with Crippen molar-refractivity contribution in [2.75, 3.05) is 18.8 Å². The topological polar surface area (TPSA) is 87.1 Å². The van der Waals surface area contributed by atoms with Crippen molar-refractivity contribution in [3.05, 3.63) is 81.9 Å². The van der Waals surface area contributed by atoms with Gasteiger partial charge >= 0.3 is 5.69 Å². The third-order valence-electron chi connectivity index (χ3n) is 5.86. The van der Waals surface area contributed by atoms with Gasteiger partial charge in [-0.2, -0.15) is 0 Å². The normalized spacial score (nSPS) is 16.3. The van der Waals surface area contributed by atoms with Gasteiger partial charge in [0, 0.05) is 17.8 Å². The predicted molar refractivity (Wildman–Crippen MR) is 127 cm³/mol. The molecule has 0 unspecified atom stereocenters. The maximum Gasteiger partial charge on any atom is 0.334 e. The maximum atomic E-state index is 13.5. The number of pyridine rings is 1. The summed E-state index contributed by atoms with van der Waals surface area (Å²) < 4.78 is 9.38. The van der Waals surface area contributed by atoms with E-state index >= 15 is 0 Å². The molecule has 32 heavy (non-hydrogen) atoms. The van der Waals surface area contributed by atoms with Crippen LogP contribution in [0, 0.1) is 0 Å². The van der Waals surface area contributed by atoms with Crippen molar-refractivity contribution < 1.29 is 4.74 Å². The van der Waals surface area contributed by atoms with Crippen molar-refractivity contribution in [2.45, 2.75) is 25.5 Å². The molecule has 3 heterocycles. The molecule has 0 aliphatic carbocycles. The maximum absolute atomic E-state index is 13.5. The fourth-order valence-corrected chi connectivity index (χ4v) is 4.40. The molecule has 8 heteroatoms. The van der Waals surface area contributed by atoms with E-state index in [9.17, 15) is 4.79 Å². The van der Waals surface area contributed by atoms with Crippen molar-refractivity contribution in [2.24, 2.45) is 0 Å². The molecule has 2 aromatic heterocycles. The fraction of sp³-hybridized carbons (Fsp3) is 0.250. The molecule has 0 saturated carbocycles. The lowest BCUT2D eigenvalue weighted by Gasteiger charge is -2.23. The van der Waals surface area contributed by atoms with Crippen LogP contribution in [0.15, 0.2) is 65.6 Å². The van der Waals surface area contributed by atoms with E-state index < -0.39 is 0 Å². The molecule has 0 amide bonds. The molecule has 0 radical (unpaired) electrons. The summed E-state index contributed by atoms with van der Waals surface area (Å²) in [6.45, 7) is 2.17. The number of nitrogens with zero attached hydrogens (tertiary/aromatic N) is 3. The highest BCUT2D eigenvalue weighted by atomic mass is 35.5. The van der Waals surface area contributed by atoms with Crippen LogP contribution in [0.25, 0.3) is 16.7 Å². The highest BCUT2D eigenvalue weighted by Crippen LogP contribution is 2.27. The number of piperidine rings is 1. The van der Waals surface area contributed by atoms with Crippen LogP contribution in [0.5, 0.6) is 5.75 Å². The minimum absolute atomic E-state index is 0.0868. The second-order valence-electron chi connectivity index (χ2n) is 7.96. The first-order valence-electron chi connectivity index (χ1n) is 10.7. The molecule has 5 rings (SSSR count). The van der Waals surface area contributed by atoms with E-state index in [0.29, 0.717) is 28.7 Å². The largest absolute Gasteiger partial charge is 0.489 e. The molecule has 0 bridgehead atoms. The summed E-state index contributed by atoms with van der Waals surface area (Å²) in [6.07, 6.45) is 3.64. The molecule has 164 valence electrons. The first-order chi connectivity index (χ1) is 15.6. The van der Waals surface area contributed by atoms with Crippen molar-refractivity contribution in [1.82, 2.24) is 19.4 Å². The number of hydrogen-bond acceptors (Lipinski definition) is 5. The molecule has 2 aromatic carbocycles. The zero-order chi connectivity index (χ0) is 22.1. The van der Waals surface area contributed by atoms with E-state index in [2.05, 4.69) is 10.3 Å². The van der Waals surface area contributed by atoms with Crippen molar-refractivity contribution in [3.63, 3.8) is 0 Å². The van der Waals surface area contributed by atoms with Gasteiger partial charge in [-0.05, 0) is 67.4 Å². The number of imidazole rings is 1. The average Bonchev–Trinajstić information content (AvgIpc) is 3.13. The Morgan fingerprint density at radius 2 is 1.91 bits per heavy atom. The summed E-state index contributed by atoms with van der Waals surface area (Å²) in [7, 11) is 0. The van der Waals surface area contributed by atoms with Crippen molar-refractivity contribution >= 4 is 28.5 Å². The number of rotatable bonds is 5. The number of benzene rings is 2. The molecule has 3 N–H and O–H groups in total. The van der Waals surface area contributed by atoms with Gasteiger partial charge < -0.3 is 15.8 Å². The van der Waals surface area contributed by atoms with Gasteiger partial charge in [0.1, 0.15) is 23.7 Å². The van der Waals surface area contributed by atoms with Crippen LogP contribution in [0.2, 0.25) is 5.02 Å². The van der Waals surface area contributed by atoms with E-state index in [-0.39, 0.29) is 11.7 Å². The van der Waals surface area contributed by atoms with Gasteiger partial charge in [-0.15, -0.1) is 0 Å². The van der Waals surface area contributed by atoms with Crippen LogP contribution in [-0.2, 0) is 6.61 Å². The number of nitrogen functional groups attached to an aromatic ring is 1. The minimum Gasteiger partial charge on any atom is -0.489 e. The third kappa shape index (κ3) is 3.85. The molecule has 0 spiro atoms. The summed E-state index contributed by atoms with van der Waals surface area (Å²) in [5, 5.41) is 4.08. The van der Waals surface area contributed by atoms with Gasteiger partial charge in [0.15, 0.2) is 0 Å². The number of fused-ring (bicyclic) bond motifs is 1. The fourth-order valence-electron chi connectivity index (χ4n) is 4.27. The van der Waals surface area contributed by atoms with Crippen LogP contribution in [0.1, 0.15) is 24.4 Å². The average molecular weight is 450 g/mol. The zero-order valence-corrected chi connectivity index (χ0v) is 18.3. The SMILES string of the molecule is Nc1nccc2c1n(-c1ccc(OCc3ccc(Cl)cc3)cc1)c(=O)n2[C@@H]1CCCNC1. The van der Waals surface area contributed by atoms with E-state index in [1.165, 1.54) is 0 Å². The molecule has 7 nitrogen and oxygen atoms in total. The Balaban J connectivity index is 1.48. The molecule has 1 fully saturated rings. The van der Waals surface area contributed by atoms with Gasteiger partial charge in [-0.3, -0.25) is 9.13 Å². The Morgan fingerprint density at radius 3 is 2.62 bits per heavy atom. The quantitative estimate of drug-likeness (QED) is 0.482. The van der Waals surface area contributed by atoms with Gasteiger partial charge in [0.2, 0.25) is 0 Å². The molecule has 1 atom stereocenters. The molecular formula is C24H24ClN5O2. The number of ether oxygens (including phenoxy) is 1. The molecular weight excluding hydrogens is 426 g/mol. The summed E-state index contributed by atoms with van der Waals surface area (Å²) in [6, 6.07) is 16.9. The van der Waals surface area contributed by atoms with E-state index in [1.807, 2.05) is 59.2 Å². The monoisotopic (exact) mass is 449 g/mol. The lowest BCUT2D eigenvalue weighted by molar-refractivity contribution is 0.306. The van der Waals surface area contributed by atoms with Crippen LogP contribution in [0.4, 0.5) is 5.82 Å². The number of aromatic nitrogens is 3. The van der Waals surface area contributed by atoms with Crippen LogP contribution < -0.4 is 21.5 Å². The number of hydrogen-bond donors (Lipinski definition) is 2. The Kier molecular flexibility index (Phi) is 5.59. The zero-order valence-electron chi connectivity index (χ0n) is 17.5. The standard InChI is InChI=1S/C24H24ClN5O2/c25-17-5-3-16(4-6-17)15-32-20-9-7-18(8-10-20)30-22-21(11-13-28-23(22)26)29(24(30)31)19-2-1-12-27-14-19/h3-11,13,19,27H,1-2,12,14-15H2,(H2,26,28)/t19-/m1/s1. The molecule has 1 aliphatic rings. The van der Waals surface area contributed by atoms with Gasteiger partial charge in [-0.25, -0.2) is 9.78 Å². The minimum atomic E-state index is -0.108.